The van der Waals surface area contributed by atoms with Gasteiger partial charge in [0.2, 0.25) is 0 Å². The van der Waals surface area contributed by atoms with Crippen molar-refractivity contribution >= 4 is 29.5 Å². The highest BCUT2D eigenvalue weighted by Gasteiger charge is 2.08. The number of thiocarbonyl (C=S) groups is 1. The lowest BCUT2D eigenvalue weighted by Gasteiger charge is -2.10. The average Bonchev–Trinajstić information content (AvgIpc) is 2.53. The Bertz CT molecular complexity index is 549. The van der Waals surface area contributed by atoms with E-state index in [1.54, 1.807) is 24.4 Å². The number of rotatable bonds is 7. The molecule has 7 nitrogen and oxygen atoms in total. The van der Waals surface area contributed by atoms with E-state index in [0.29, 0.717) is 16.6 Å². The maximum absolute atomic E-state index is 11.1. The van der Waals surface area contributed by atoms with Gasteiger partial charge in [-0.3, -0.25) is 5.43 Å². The fourth-order valence-electron chi connectivity index (χ4n) is 1.44. The van der Waals surface area contributed by atoms with Crippen molar-refractivity contribution in [2.75, 3.05) is 27.4 Å². The molecule has 0 heterocycles. The lowest BCUT2D eigenvalue weighted by Crippen LogP contribution is -2.31. The molecule has 0 atom stereocenters. The lowest BCUT2D eigenvalue weighted by atomic mass is 10.2. The van der Waals surface area contributed by atoms with Gasteiger partial charge in [0, 0.05) is 6.54 Å². The maximum atomic E-state index is 11.1. The Kier molecular flexibility index (Phi) is 7.69. The van der Waals surface area contributed by atoms with Crippen LogP contribution in [0.4, 0.5) is 0 Å². The molecule has 0 aliphatic carbocycles. The molecule has 0 spiro atoms. The number of nitrogens with zero attached hydrogens (tertiary/aromatic N) is 1. The Morgan fingerprint density at radius 2 is 2.14 bits per heavy atom. The Labute approximate surface area is 134 Å². The fraction of sp³-hybridized carbons (Fsp3) is 0.357. The summed E-state index contributed by atoms with van der Waals surface area (Å²) in [6.07, 6.45) is 1.59. The van der Waals surface area contributed by atoms with Crippen LogP contribution in [0.3, 0.4) is 0 Å². The summed E-state index contributed by atoms with van der Waals surface area (Å²) in [6.45, 7) is 2.48. The molecule has 0 aliphatic heterocycles. The Balaban J connectivity index is 2.69. The molecule has 22 heavy (non-hydrogen) atoms. The van der Waals surface area contributed by atoms with Gasteiger partial charge in [0.25, 0.3) is 0 Å². The van der Waals surface area contributed by atoms with Gasteiger partial charge in [-0.25, -0.2) is 4.79 Å². The standard InChI is InChI=1S/C14H19N3O4S/c1-4-15-14(22)17-16-8-10-5-6-11(12(7-10)19-2)21-9-13(18)20-3/h5-8H,4,9H2,1-3H3,(H2,15,17,22)/b16-8-. The molecule has 0 saturated carbocycles. The van der Waals surface area contributed by atoms with Crippen LogP contribution in [0.2, 0.25) is 0 Å². The summed E-state index contributed by atoms with van der Waals surface area (Å²) >= 11 is 4.98. The molecular formula is C14H19N3O4S. The topological polar surface area (TPSA) is 81.2 Å². The summed E-state index contributed by atoms with van der Waals surface area (Å²) in [5, 5.41) is 7.37. The number of nitrogens with one attached hydrogen (secondary N) is 2. The second-order valence-electron chi connectivity index (χ2n) is 4.00. The van der Waals surface area contributed by atoms with Gasteiger partial charge in [0.15, 0.2) is 23.2 Å². The van der Waals surface area contributed by atoms with Gasteiger partial charge in [0.05, 0.1) is 20.4 Å². The minimum Gasteiger partial charge on any atom is -0.493 e. The largest absolute Gasteiger partial charge is 0.493 e. The van der Waals surface area contributed by atoms with Crippen molar-refractivity contribution < 1.29 is 19.0 Å². The molecule has 8 heteroatoms. The molecule has 0 bridgehead atoms. The van der Waals surface area contributed by atoms with E-state index in [4.69, 9.17) is 21.7 Å². The molecule has 0 aromatic heterocycles. The molecule has 0 saturated heterocycles. The fourth-order valence-corrected chi connectivity index (χ4v) is 1.64. The van der Waals surface area contributed by atoms with E-state index >= 15 is 0 Å². The Hall–Kier alpha value is -2.35. The molecule has 0 fully saturated rings. The normalized spacial score (nSPS) is 10.1. The number of carbonyl (C=O) groups is 1. The van der Waals surface area contributed by atoms with Gasteiger partial charge in [-0.1, -0.05) is 0 Å². The second kappa shape index (κ2) is 9.56. The first-order valence-electron chi connectivity index (χ1n) is 6.55. The van der Waals surface area contributed by atoms with Gasteiger partial charge in [-0.15, -0.1) is 0 Å². The first kappa shape index (κ1) is 17.7. The van der Waals surface area contributed by atoms with Gasteiger partial charge in [-0.05, 0) is 42.9 Å². The lowest BCUT2D eigenvalue weighted by molar-refractivity contribution is -0.142. The summed E-state index contributed by atoms with van der Waals surface area (Å²) < 4.78 is 15.1. The van der Waals surface area contributed by atoms with Crippen LogP contribution in [-0.2, 0) is 9.53 Å². The maximum Gasteiger partial charge on any atom is 0.343 e. The van der Waals surface area contributed by atoms with Gasteiger partial charge in [0.1, 0.15) is 0 Å². The molecule has 0 aliphatic rings. The number of hydrogen-bond donors (Lipinski definition) is 2. The first-order chi connectivity index (χ1) is 10.6. The van der Waals surface area contributed by atoms with Gasteiger partial charge >= 0.3 is 5.97 Å². The van der Waals surface area contributed by atoms with Crippen molar-refractivity contribution in [2.24, 2.45) is 5.10 Å². The van der Waals surface area contributed by atoms with Crippen LogP contribution in [0.1, 0.15) is 12.5 Å². The number of methoxy groups -OCH3 is 2. The Morgan fingerprint density at radius 3 is 2.77 bits per heavy atom. The van der Waals surface area contributed by atoms with Crippen molar-refractivity contribution in [3.8, 4) is 11.5 Å². The first-order valence-corrected chi connectivity index (χ1v) is 6.96. The minimum absolute atomic E-state index is 0.182. The van der Waals surface area contributed by atoms with E-state index in [0.717, 1.165) is 12.1 Å². The predicted molar refractivity (Wildman–Crippen MR) is 87.5 cm³/mol. The summed E-state index contributed by atoms with van der Waals surface area (Å²) in [7, 11) is 2.81. The van der Waals surface area contributed by atoms with Crippen LogP contribution in [0.5, 0.6) is 11.5 Å². The van der Waals surface area contributed by atoms with Crippen LogP contribution in [0.25, 0.3) is 0 Å². The quantitative estimate of drug-likeness (QED) is 0.336. The molecule has 0 radical (unpaired) electrons. The van der Waals surface area contributed by atoms with Crippen molar-refractivity contribution in [3.05, 3.63) is 23.8 Å². The van der Waals surface area contributed by atoms with E-state index in [1.165, 1.54) is 14.2 Å². The molecule has 1 aromatic rings. The van der Waals surface area contributed by atoms with Crippen molar-refractivity contribution in [1.82, 2.24) is 10.7 Å². The smallest absolute Gasteiger partial charge is 0.343 e. The molecule has 0 unspecified atom stereocenters. The minimum atomic E-state index is -0.464. The van der Waals surface area contributed by atoms with E-state index < -0.39 is 5.97 Å². The second-order valence-corrected chi connectivity index (χ2v) is 4.41. The summed E-state index contributed by atoms with van der Waals surface area (Å²) in [4.78, 5) is 11.1. The van der Waals surface area contributed by atoms with E-state index in [-0.39, 0.29) is 6.61 Å². The van der Waals surface area contributed by atoms with Crippen LogP contribution in [-0.4, -0.2) is 44.7 Å². The molecule has 2 N–H and O–H groups in total. The van der Waals surface area contributed by atoms with Gasteiger partial charge < -0.3 is 19.5 Å². The molecule has 120 valence electrons. The van der Waals surface area contributed by atoms with E-state index in [9.17, 15) is 4.79 Å². The van der Waals surface area contributed by atoms with E-state index in [1.807, 2.05) is 6.92 Å². The monoisotopic (exact) mass is 325 g/mol. The number of hydrazone groups is 1. The van der Waals surface area contributed by atoms with Crippen LogP contribution >= 0.6 is 12.2 Å². The molecular weight excluding hydrogens is 306 g/mol. The van der Waals surface area contributed by atoms with Crippen LogP contribution in [0, 0.1) is 0 Å². The van der Waals surface area contributed by atoms with Gasteiger partial charge in [-0.2, -0.15) is 5.10 Å². The van der Waals surface area contributed by atoms with Crippen molar-refractivity contribution in [1.29, 1.82) is 0 Å². The molecule has 1 aromatic carbocycles. The highest BCUT2D eigenvalue weighted by molar-refractivity contribution is 7.80. The average molecular weight is 325 g/mol. The van der Waals surface area contributed by atoms with Crippen LogP contribution in [0.15, 0.2) is 23.3 Å². The molecule has 1 rings (SSSR count). The van der Waals surface area contributed by atoms with Crippen molar-refractivity contribution in [3.63, 3.8) is 0 Å². The number of ether oxygens (including phenoxy) is 3. The summed E-state index contributed by atoms with van der Waals surface area (Å²) in [5.41, 5.74) is 3.47. The summed E-state index contributed by atoms with van der Waals surface area (Å²) in [6, 6.07) is 5.19. The number of hydrogen-bond acceptors (Lipinski definition) is 6. The number of carbonyl (C=O) groups excluding carboxylic acids is 1. The molecule has 0 amide bonds. The predicted octanol–water partition coefficient (Wildman–Crippen LogP) is 1.06. The van der Waals surface area contributed by atoms with Crippen LogP contribution < -0.4 is 20.2 Å². The zero-order valence-electron chi connectivity index (χ0n) is 12.7. The summed E-state index contributed by atoms with van der Waals surface area (Å²) in [5.74, 6) is 0.470. The third kappa shape index (κ3) is 5.96. The van der Waals surface area contributed by atoms with Crippen molar-refractivity contribution in [2.45, 2.75) is 6.92 Å². The highest BCUT2D eigenvalue weighted by Crippen LogP contribution is 2.27. The third-order valence-electron chi connectivity index (χ3n) is 2.48. The highest BCUT2D eigenvalue weighted by atomic mass is 32.1. The Morgan fingerprint density at radius 1 is 1.36 bits per heavy atom. The third-order valence-corrected chi connectivity index (χ3v) is 2.71. The number of benzene rings is 1. The zero-order chi connectivity index (χ0) is 16.4. The SMILES string of the molecule is CCNC(=S)N/N=C\c1ccc(OCC(=O)OC)c(OC)c1. The number of esters is 1. The zero-order valence-corrected chi connectivity index (χ0v) is 13.5. The van der Waals surface area contributed by atoms with E-state index in [2.05, 4.69) is 20.6 Å².